The van der Waals surface area contributed by atoms with Crippen molar-refractivity contribution in [3.8, 4) is 0 Å². The monoisotopic (exact) mass is 358 g/mol. The molecule has 0 bridgehead atoms. The first-order chi connectivity index (χ1) is 12.2. The van der Waals surface area contributed by atoms with Gasteiger partial charge in [0.25, 0.3) is 0 Å². The van der Waals surface area contributed by atoms with E-state index in [1.807, 2.05) is 0 Å². The lowest BCUT2D eigenvalue weighted by Crippen LogP contribution is -2.45. The molecule has 5 rings (SSSR count). The Morgan fingerprint density at radius 1 is 1.16 bits per heavy atom. The second-order valence-electron chi connectivity index (χ2n) is 7.70. The highest BCUT2D eigenvalue weighted by molar-refractivity contribution is 7.09. The highest BCUT2D eigenvalue weighted by Gasteiger charge is 2.42. The van der Waals surface area contributed by atoms with E-state index < -0.39 is 5.56 Å². The molecule has 2 atom stereocenters. The van der Waals surface area contributed by atoms with Gasteiger partial charge in [-0.25, -0.2) is 4.68 Å². The van der Waals surface area contributed by atoms with Crippen LogP contribution in [0.15, 0.2) is 27.1 Å². The molecule has 1 saturated carbocycles. The van der Waals surface area contributed by atoms with E-state index >= 15 is 0 Å². The van der Waals surface area contributed by atoms with Crippen LogP contribution < -0.4 is 11.1 Å². The molecule has 1 saturated heterocycles. The van der Waals surface area contributed by atoms with Crippen LogP contribution in [0.25, 0.3) is 0 Å². The molecule has 6 nitrogen and oxygen atoms in total. The van der Waals surface area contributed by atoms with E-state index in [-0.39, 0.29) is 11.5 Å². The van der Waals surface area contributed by atoms with Crippen molar-refractivity contribution in [1.29, 1.82) is 0 Å². The molecule has 0 N–H and O–H groups in total. The first-order valence-corrected chi connectivity index (χ1v) is 10.0. The van der Waals surface area contributed by atoms with Crippen molar-refractivity contribution in [2.45, 2.75) is 44.8 Å². The minimum atomic E-state index is -0.439. The summed E-state index contributed by atoms with van der Waals surface area (Å²) in [5, 5.41) is 6.77. The maximum absolute atomic E-state index is 12.5. The van der Waals surface area contributed by atoms with E-state index in [1.54, 1.807) is 15.9 Å². The summed E-state index contributed by atoms with van der Waals surface area (Å²) < 4.78 is 3.11. The van der Waals surface area contributed by atoms with Gasteiger partial charge in [-0.3, -0.25) is 19.1 Å². The number of rotatable bonds is 4. The molecule has 0 amide bonds. The molecule has 4 heterocycles. The molecule has 25 heavy (non-hydrogen) atoms. The number of hydrogen-bond donors (Lipinski definition) is 0. The lowest BCUT2D eigenvalue weighted by Gasteiger charge is -2.25. The molecule has 3 aliphatic rings. The Morgan fingerprint density at radius 2 is 2.04 bits per heavy atom. The van der Waals surface area contributed by atoms with Crippen molar-refractivity contribution in [2.24, 2.45) is 11.8 Å². The molecule has 7 heteroatoms. The summed E-state index contributed by atoms with van der Waals surface area (Å²) in [5.41, 5.74) is -0.811. The van der Waals surface area contributed by atoms with Crippen molar-refractivity contribution in [3.05, 3.63) is 48.9 Å². The van der Waals surface area contributed by atoms with Gasteiger partial charge in [0.05, 0.1) is 0 Å². The fraction of sp³-hybridized carbons (Fsp3) is 0.611. The molecule has 1 aliphatic carbocycles. The molecular formula is C18H22N4O2S. The SMILES string of the molecule is O=c1c(=O)n2c(nn1CC1CCC1)[C@H]1CN(Cc3cccs3)C[C@@H]1C2. The quantitative estimate of drug-likeness (QED) is 0.777. The summed E-state index contributed by atoms with van der Waals surface area (Å²) in [7, 11) is 0. The zero-order chi connectivity index (χ0) is 17.0. The van der Waals surface area contributed by atoms with Gasteiger partial charge in [0.1, 0.15) is 5.82 Å². The maximum atomic E-state index is 12.5. The third-order valence-electron chi connectivity index (χ3n) is 6.04. The van der Waals surface area contributed by atoms with Gasteiger partial charge < -0.3 is 0 Å². The van der Waals surface area contributed by atoms with Crippen LogP contribution in [0.5, 0.6) is 0 Å². The van der Waals surface area contributed by atoms with E-state index in [1.165, 1.54) is 16.0 Å². The standard InChI is InChI=1S/C18H22N4O2S/c23-17-18(24)22(7-12-3-1-4-12)19-16-15-11-20(8-13(15)9-21(16)17)10-14-5-2-6-25-14/h2,5-6,12-13,15H,1,3-4,7-11H2/t13-,15+/m1/s1. The molecule has 2 fully saturated rings. The number of likely N-dealkylation sites (tertiary alicyclic amines) is 1. The van der Waals surface area contributed by atoms with Crippen molar-refractivity contribution < 1.29 is 0 Å². The summed E-state index contributed by atoms with van der Waals surface area (Å²) in [6.07, 6.45) is 3.52. The van der Waals surface area contributed by atoms with Crippen molar-refractivity contribution in [3.63, 3.8) is 0 Å². The Hall–Kier alpha value is -1.73. The van der Waals surface area contributed by atoms with Crippen LogP contribution in [0, 0.1) is 11.8 Å². The van der Waals surface area contributed by atoms with Crippen molar-refractivity contribution >= 4 is 11.3 Å². The summed E-state index contributed by atoms with van der Waals surface area (Å²) >= 11 is 1.79. The minimum Gasteiger partial charge on any atom is -0.297 e. The largest absolute Gasteiger partial charge is 0.332 e. The Morgan fingerprint density at radius 3 is 2.76 bits per heavy atom. The van der Waals surface area contributed by atoms with Gasteiger partial charge in [-0.15, -0.1) is 11.3 Å². The lowest BCUT2D eigenvalue weighted by atomic mass is 9.85. The molecule has 0 radical (unpaired) electrons. The van der Waals surface area contributed by atoms with Crippen LogP contribution in [-0.2, 0) is 19.6 Å². The Bertz CT molecular complexity index is 897. The van der Waals surface area contributed by atoms with Gasteiger partial charge in [-0.05, 0) is 30.2 Å². The molecule has 2 aromatic heterocycles. The second-order valence-corrected chi connectivity index (χ2v) is 8.73. The number of nitrogens with zero attached hydrogens (tertiary/aromatic N) is 4. The van der Waals surface area contributed by atoms with E-state index in [0.29, 0.717) is 24.9 Å². The predicted octanol–water partition coefficient (Wildman–Crippen LogP) is 1.50. The fourth-order valence-electron chi connectivity index (χ4n) is 4.47. The van der Waals surface area contributed by atoms with E-state index in [9.17, 15) is 9.59 Å². The molecule has 0 aromatic carbocycles. The zero-order valence-electron chi connectivity index (χ0n) is 14.1. The van der Waals surface area contributed by atoms with Crippen LogP contribution in [0.1, 0.15) is 35.9 Å². The molecule has 2 aromatic rings. The van der Waals surface area contributed by atoms with Gasteiger partial charge in [-0.1, -0.05) is 12.5 Å². The van der Waals surface area contributed by atoms with Gasteiger partial charge in [-0.2, -0.15) is 5.10 Å². The van der Waals surface area contributed by atoms with Crippen LogP contribution >= 0.6 is 11.3 Å². The second kappa shape index (κ2) is 5.92. The van der Waals surface area contributed by atoms with Crippen LogP contribution in [0.4, 0.5) is 0 Å². The smallest absolute Gasteiger partial charge is 0.297 e. The topological polar surface area (TPSA) is 60.1 Å². The molecule has 132 valence electrons. The van der Waals surface area contributed by atoms with Gasteiger partial charge in [0.15, 0.2) is 0 Å². The average Bonchev–Trinajstić information content (AvgIpc) is 3.25. The van der Waals surface area contributed by atoms with E-state index in [4.69, 9.17) is 0 Å². The zero-order valence-corrected chi connectivity index (χ0v) is 15.0. The Balaban J connectivity index is 1.41. The van der Waals surface area contributed by atoms with Gasteiger partial charge in [0.2, 0.25) is 0 Å². The Labute approximate surface area is 149 Å². The fourth-order valence-corrected chi connectivity index (χ4v) is 5.22. The van der Waals surface area contributed by atoms with E-state index in [2.05, 4.69) is 27.5 Å². The Kier molecular flexibility index (Phi) is 3.67. The molecule has 0 unspecified atom stereocenters. The van der Waals surface area contributed by atoms with Crippen LogP contribution in [-0.4, -0.2) is 32.3 Å². The summed E-state index contributed by atoms with van der Waals surface area (Å²) in [6.45, 7) is 4.12. The molecule has 0 spiro atoms. The molecule has 2 aliphatic heterocycles. The highest BCUT2D eigenvalue weighted by Crippen LogP contribution is 2.38. The highest BCUT2D eigenvalue weighted by atomic mass is 32.1. The van der Waals surface area contributed by atoms with Gasteiger partial charge >= 0.3 is 11.1 Å². The summed E-state index contributed by atoms with van der Waals surface area (Å²) in [4.78, 5) is 28.7. The minimum absolute atomic E-state index is 0.279. The summed E-state index contributed by atoms with van der Waals surface area (Å²) in [5.74, 6) is 2.03. The maximum Gasteiger partial charge on any atom is 0.332 e. The number of thiophene rings is 1. The third kappa shape index (κ3) is 2.60. The van der Waals surface area contributed by atoms with Crippen molar-refractivity contribution in [2.75, 3.05) is 13.1 Å². The number of hydrogen-bond acceptors (Lipinski definition) is 5. The first-order valence-electron chi connectivity index (χ1n) is 9.15. The van der Waals surface area contributed by atoms with Crippen molar-refractivity contribution in [1.82, 2.24) is 19.2 Å². The first kappa shape index (κ1) is 15.5. The lowest BCUT2D eigenvalue weighted by molar-refractivity contribution is 0.256. The van der Waals surface area contributed by atoms with Gasteiger partial charge in [0, 0.05) is 49.4 Å². The van der Waals surface area contributed by atoms with Crippen LogP contribution in [0.3, 0.4) is 0 Å². The summed E-state index contributed by atoms with van der Waals surface area (Å²) in [6, 6.07) is 4.26. The van der Waals surface area contributed by atoms with E-state index in [0.717, 1.165) is 38.3 Å². The number of aromatic nitrogens is 3. The van der Waals surface area contributed by atoms with Crippen LogP contribution in [0.2, 0.25) is 0 Å². The number of fused-ring (bicyclic) bond motifs is 3. The normalized spacial score (nSPS) is 25.8. The average molecular weight is 358 g/mol. The molecular weight excluding hydrogens is 336 g/mol. The predicted molar refractivity (Wildman–Crippen MR) is 95.9 cm³/mol. The third-order valence-corrected chi connectivity index (χ3v) is 6.90.